The number of carbonyl (C=O) groups excluding carboxylic acids is 1. The van der Waals surface area contributed by atoms with Gasteiger partial charge in [0.25, 0.3) is 0 Å². The van der Waals surface area contributed by atoms with Crippen LogP contribution in [0.3, 0.4) is 0 Å². The summed E-state index contributed by atoms with van der Waals surface area (Å²) in [6, 6.07) is 21.2. The minimum atomic E-state index is 0.317. The van der Waals surface area contributed by atoms with E-state index in [1.807, 2.05) is 4.90 Å². The minimum Gasteiger partial charge on any atom is -0.341 e. The Labute approximate surface area is 144 Å². The molecule has 0 N–H and O–H groups in total. The van der Waals surface area contributed by atoms with Gasteiger partial charge in [0, 0.05) is 39.1 Å². The van der Waals surface area contributed by atoms with Gasteiger partial charge in [0.2, 0.25) is 5.91 Å². The van der Waals surface area contributed by atoms with Gasteiger partial charge in [-0.1, -0.05) is 60.7 Å². The first kappa shape index (κ1) is 16.7. The molecule has 2 aromatic rings. The van der Waals surface area contributed by atoms with Crippen LogP contribution in [0.25, 0.3) is 0 Å². The van der Waals surface area contributed by atoms with Crippen LogP contribution in [0, 0.1) is 0 Å². The number of carbonyl (C=O) groups is 1. The third kappa shape index (κ3) is 4.93. The van der Waals surface area contributed by atoms with Gasteiger partial charge >= 0.3 is 0 Å². The SMILES string of the molecule is O=C1CCCN1CCN(CCc1ccccc1)Cc1ccccc1. The Balaban J connectivity index is 1.58. The van der Waals surface area contributed by atoms with Crippen molar-refractivity contribution in [3.63, 3.8) is 0 Å². The zero-order valence-electron chi connectivity index (χ0n) is 14.2. The molecule has 1 aliphatic heterocycles. The largest absolute Gasteiger partial charge is 0.341 e. The Bertz CT molecular complexity index is 627. The molecule has 0 bridgehead atoms. The van der Waals surface area contributed by atoms with Crippen molar-refractivity contribution in [1.82, 2.24) is 9.80 Å². The van der Waals surface area contributed by atoms with Crippen LogP contribution in [0.1, 0.15) is 24.0 Å². The van der Waals surface area contributed by atoms with E-state index >= 15 is 0 Å². The molecule has 24 heavy (non-hydrogen) atoms. The highest BCUT2D eigenvalue weighted by molar-refractivity contribution is 5.78. The number of amides is 1. The Morgan fingerprint density at radius 1 is 0.875 bits per heavy atom. The highest BCUT2D eigenvalue weighted by Gasteiger charge is 2.20. The van der Waals surface area contributed by atoms with Gasteiger partial charge < -0.3 is 4.90 Å². The van der Waals surface area contributed by atoms with E-state index in [0.717, 1.165) is 52.0 Å². The number of rotatable bonds is 8. The molecule has 3 nitrogen and oxygen atoms in total. The van der Waals surface area contributed by atoms with Crippen molar-refractivity contribution in [2.45, 2.75) is 25.8 Å². The van der Waals surface area contributed by atoms with Gasteiger partial charge in [0.05, 0.1) is 0 Å². The lowest BCUT2D eigenvalue weighted by atomic mass is 10.1. The zero-order valence-corrected chi connectivity index (χ0v) is 14.2. The molecule has 0 unspecified atom stereocenters. The summed E-state index contributed by atoms with van der Waals surface area (Å²) in [7, 11) is 0. The highest BCUT2D eigenvalue weighted by Crippen LogP contribution is 2.11. The second-order valence-corrected chi connectivity index (χ2v) is 6.48. The molecule has 0 saturated carbocycles. The first-order chi connectivity index (χ1) is 11.8. The molecule has 126 valence electrons. The predicted molar refractivity (Wildman–Crippen MR) is 97.7 cm³/mol. The third-order valence-electron chi connectivity index (χ3n) is 4.67. The van der Waals surface area contributed by atoms with Gasteiger partial charge in [-0.25, -0.2) is 0 Å². The fraction of sp³-hybridized carbons (Fsp3) is 0.381. The van der Waals surface area contributed by atoms with Gasteiger partial charge in [-0.3, -0.25) is 9.69 Å². The molecule has 0 spiro atoms. The summed E-state index contributed by atoms with van der Waals surface area (Å²) in [5.74, 6) is 0.317. The van der Waals surface area contributed by atoms with Gasteiger partial charge in [0.1, 0.15) is 0 Å². The third-order valence-corrected chi connectivity index (χ3v) is 4.67. The quantitative estimate of drug-likeness (QED) is 0.744. The van der Waals surface area contributed by atoms with E-state index < -0.39 is 0 Å². The Morgan fingerprint density at radius 3 is 2.17 bits per heavy atom. The number of hydrogen-bond donors (Lipinski definition) is 0. The Hall–Kier alpha value is -2.13. The van der Waals surface area contributed by atoms with Crippen LogP contribution in [0.5, 0.6) is 0 Å². The normalized spacial score (nSPS) is 14.5. The molecule has 0 aliphatic carbocycles. The first-order valence-corrected chi connectivity index (χ1v) is 8.89. The lowest BCUT2D eigenvalue weighted by molar-refractivity contribution is -0.127. The first-order valence-electron chi connectivity index (χ1n) is 8.89. The molecule has 1 heterocycles. The van der Waals surface area contributed by atoms with Crippen LogP contribution in [0.4, 0.5) is 0 Å². The van der Waals surface area contributed by atoms with Gasteiger partial charge in [-0.15, -0.1) is 0 Å². The van der Waals surface area contributed by atoms with Crippen molar-refractivity contribution in [3.8, 4) is 0 Å². The van der Waals surface area contributed by atoms with Gasteiger partial charge in [-0.05, 0) is 24.0 Å². The molecule has 0 aromatic heterocycles. The number of nitrogens with zero attached hydrogens (tertiary/aromatic N) is 2. The molecule has 1 amide bonds. The summed E-state index contributed by atoms with van der Waals surface area (Å²) in [5, 5.41) is 0. The lowest BCUT2D eigenvalue weighted by Crippen LogP contribution is -2.36. The molecular formula is C21H26N2O. The van der Waals surface area contributed by atoms with Crippen LogP contribution < -0.4 is 0 Å². The molecule has 0 atom stereocenters. The van der Waals surface area contributed by atoms with Crippen molar-refractivity contribution < 1.29 is 4.79 Å². The standard InChI is InChI=1S/C21H26N2O/c24-21-12-7-14-23(21)17-16-22(18-20-10-5-2-6-11-20)15-13-19-8-3-1-4-9-19/h1-6,8-11H,7,12-18H2. The topological polar surface area (TPSA) is 23.6 Å². The molecule has 1 fully saturated rings. The number of hydrogen-bond acceptors (Lipinski definition) is 2. The van der Waals surface area contributed by atoms with Gasteiger partial charge in [-0.2, -0.15) is 0 Å². The monoisotopic (exact) mass is 322 g/mol. The number of benzene rings is 2. The van der Waals surface area contributed by atoms with E-state index in [2.05, 4.69) is 65.6 Å². The maximum Gasteiger partial charge on any atom is 0.222 e. The lowest BCUT2D eigenvalue weighted by Gasteiger charge is -2.25. The van der Waals surface area contributed by atoms with E-state index in [0.29, 0.717) is 5.91 Å². The van der Waals surface area contributed by atoms with Crippen LogP contribution in [0.2, 0.25) is 0 Å². The molecule has 3 rings (SSSR count). The molecule has 2 aromatic carbocycles. The van der Waals surface area contributed by atoms with E-state index in [1.54, 1.807) is 0 Å². The van der Waals surface area contributed by atoms with Crippen molar-refractivity contribution in [1.29, 1.82) is 0 Å². The van der Waals surface area contributed by atoms with E-state index in [1.165, 1.54) is 11.1 Å². The second-order valence-electron chi connectivity index (χ2n) is 6.48. The van der Waals surface area contributed by atoms with Crippen LogP contribution >= 0.6 is 0 Å². The fourth-order valence-corrected chi connectivity index (χ4v) is 3.25. The van der Waals surface area contributed by atoms with Gasteiger partial charge in [0.15, 0.2) is 0 Å². The van der Waals surface area contributed by atoms with Crippen LogP contribution in [-0.2, 0) is 17.8 Å². The van der Waals surface area contributed by atoms with Crippen LogP contribution in [-0.4, -0.2) is 41.9 Å². The minimum absolute atomic E-state index is 0.317. The van der Waals surface area contributed by atoms with E-state index in [9.17, 15) is 4.79 Å². The molecule has 0 radical (unpaired) electrons. The summed E-state index contributed by atoms with van der Waals surface area (Å²) in [5.41, 5.74) is 2.70. The second kappa shape index (κ2) is 8.65. The molecule has 1 saturated heterocycles. The highest BCUT2D eigenvalue weighted by atomic mass is 16.2. The summed E-state index contributed by atoms with van der Waals surface area (Å²) in [6.07, 6.45) is 2.78. The number of likely N-dealkylation sites (tertiary alicyclic amines) is 1. The predicted octanol–water partition coefficient (Wildman–Crippen LogP) is 3.35. The van der Waals surface area contributed by atoms with Crippen molar-refractivity contribution in [2.24, 2.45) is 0 Å². The van der Waals surface area contributed by atoms with Crippen molar-refractivity contribution >= 4 is 5.91 Å². The fourth-order valence-electron chi connectivity index (χ4n) is 3.25. The smallest absolute Gasteiger partial charge is 0.222 e. The molecule has 3 heteroatoms. The van der Waals surface area contributed by atoms with E-state index in [4.69, 9.17) is 0 Å². The summed E-state index contributed by atoms with van der Waals surface area (Å²) in [6.45, 7) is 4.67. The Morgan fingerprint density at radius 2 is 1.54 bits per heavy atom. The van der Waals surface area contributed by atoms with Crippen molar-refractivity contribution in [3.05, 3.63) is 71.8 Å². The van der Waals surface area contributed by atoms with Crippen molar-refractivity contribution in [2.75, 3.05) is 26.2 Å². The summed E-state index contributed by atoms with van der Waals surface area (Å²) in [4.78, 5) is 16.3. The zero-order chi connectivity index (χ0) is 16.6. The molecular weight excluding hydrogens is 296 g/mol. The summed E-state index contributed by atoms with van der Waals surface area (Å²) < 4.78 is 0. The Kier molecular flexibility index (Phi) is 6.02. The molecule has 1 aliphatic rings. The maximum absolute atomic E-state index is 11.8. The average Bonchev–Trinajstić information content (AvgIpc) is 3.04. The summed E-state index contributed by atoms with van der Waals surface area (Å²) >= 11 is 0. The maximum atomic E-state index is 11.8. The van der Waals surface area contributed by atoms with Crippen LogP contribution in [0.15, 0.2) is 60.7 Å². The average molecular weight is 322 g/mol. The van der Waals surface area contributed by atoms with E-state index in [-0.39, 0.29) is 0 Å².